The molecule has 5 heteroatoms. The van der Waals surface area contributed by atoms with Crippen LogP contribution in [0.5, 0.6) is 0 Å². The lowest BCUT2D eigenvalue weighted by Gasteiger charge is -2.27. The van der Waals surface area contributed by atoms with E-state index < -0.39 is 18.2 Å². The van der Waals surface area contributed by atoms with Crippen molar-refractivity contribution in [2.75, 3.05) is 6.61 Å². The largest absolute Gasteiger partial charge is 0.394 e. The van der Waals surface area contributed by atoms with Crippen molar-refractivity contribution in [1.29, 1.82) is 0 Å². The van der Waals surface area contributed by atoms with Gasteiger partial charge in [-0.05, 0) is 32.2 Å². The van der Waals surface area contributed by atoms with Crippen LogP contribution in [0, 0.1) is 0 Å². The van der Waals surface area contributed by atoms with E-state index in [0.29, 0.717) is 6.42 Å². The molecular weight excluding hydrogens is 194 g/mol. The number of azide groups is 1. The van der Waals surface area contributed by atoms with Gasteiger partial charge in [-0.15, -0.1) is 0 Å². The molecule has 0 aliphatic rings. The van der Waals surface area contributed by atoms with E-state index >= 15 is 0 Å². The summed E-state index contributed by atoms with van der Waals surface area (Å²) in [7, 11) is 0. The van der Waals surface area contributed by atoms with Crippen molar-refractivity contribution in [1.82, 2.24) is 0 Å². The van der Waals surface area contributed by atoms with Gasteiger partial charge in [0.1, 0.15) is 0 Å². The average Bonchev–Trinajstić information content (AvgIpc) is 2.16. The van der Waals surface area contributed by atoms with Gasteiger partial charge in [0, 0.05) is 4.91 Å². The van der Waals surface area contributed by atoms with E-state index in [2.05, 4.69) is 10.0 Å². The molecule has 0 aromatic heterocycles. The van der Waals surface area contributed by atoms with Crippen LogP contribution < -0.4 is 0 Å². The molecule has 2 N–H and O–H groups in total. The number of hydrogen-bond acceptors (Lipinski definition) is 3. The Hall–Kier alpha value is -1.03. The highest BCUT2D eigenvalue weighted by Crippen LogP contribution is 2.23. The number of nitrogens with zero attached hydrogens (tertiary/aromatic N) is 3. The summed E-state index contributed by atoms with van der Waals surface area (Å²) >= 11 is 0. The SMILES string of the molecule is CC(C)=CCC[C@@](C)(N=[N+]=[N-])[C@@H](O)CO. The summed E-state index contributed by atoms with van der Waals surface area (Å²) < 4.78 is 0. The minimum atomic E-state index is -1.01. The maximum atomic E-state index is 9.54. The molecule has 2 atom stereocenters. The molecule has 0 spiro atoms. The summed E-state index contributed by atoms with van der Waals surface area (Å²) in [6.07, 6.45) is 2.23. The fourth-order valence-corrected chi connectivity index (χ4v) is 1.24. The monoisotopic (exact) mass is 213 g/mol. The number of aliphatic hydroxyl groups is 2. The van der Waals surface area contributed by atoms with Crippen LogP contribution in [0.25, 0.3) is 10.4 Å². The molecule has 0 radical (unpaired) electrons. The Morgan fingerprint density at radius 1 is 1.60 bits per heavy atom. The van der Waals surface area contributed by atoms with E-state index in [0.717, 1.165) is 6.42 Å². The molecule has 5 nitrogen and oxygen atoms in total. The van der Waals surface area contributed by atoms with Crippen LogP contribution in [0.1, 0.15) is 33.6 Å². The maximum absolute atomic E-state index is 9.54. The van der Waals surface area contributed by atoms with Gasteiger partial charge in [0.25, 0.3) is 0 Å². The summed E-state index contributed by atoms with van der Waals surface area (Å²) in [5, 5.41) is 22.0. The van der Waals surface area contributed by atoms with Crippen molar-refractivity contribution in [2.45, 2.75) is 45.3 Å². The van der Waals surface area contributed by atoms with Gasteiger partial charge in [-0.2, -0.15) is 0 Å². The molecule has 86 valence electrons. The molecule has 0 aromatic rings. The zero-order valence-electron chi connectivity index (χ0n) is 9.51. The lowest BCUT2D eigenvalue weighted by atomic mass is 9.90. The van der Waals surface area contributed by atoms with E-state index in [-0.39, 0.29) is 0 Å². The molecule has 0 fully saturated rings. The first kappa shape index (κ1) is 14.0. The second-order valence-corrected chi connectivity index (χ2v) is 4.07. The lowest BCUT2D eigenvalue weighted by Crippen LogP contribution is -2.39. The predicted octanol–water partition coefficient (Wildman–Crippen LogP) is 2.16. The van der Waals surface area contributed by atoms with Gasteiger partial charge in [-0.25, -0.2) is 0 Å². The Morgan fingerprint density at radius 2 is 2.20 bits per heavy atom. The smallest absolute Gasteiger partial charge is 0.0881 e. The van der Waals surface area contributed by atoms with Gasteiger partial charge >= 0.3 is 0 Å². The highest BCUT2D eigenvalue weighted by atomic mass is 16.3. The van der Waals surface area contributed by atoms with Crippen molar-refractivity contribution in [3.05, 3.63) is 22.1 Å². The van der Waals surface area contributed by atoms with Crippen molar-refractivity contribution in [2.24, 2.45) is 5.11 Å². The first-order valence-electron chi connectivity index (χ1n) is 4.95. The highest BCUT2D eigenvalue weighted by molar-refractivity contribution is 4.97. The Balaban J connectivity index is 4.52. The zero-order chi connectivity index (χ0) is 11.9. The summed E-state index contributed by atoms with van der Waals surface area (Å²) in [6.45, 7) is 5.21. The molecule has 0 aliphatic heterocycles. The Bertz CT molecular complexity index is 268. The third-order valence-electron chi connectivity index (χ3n) is 2.37. The number of allylic oxidation sites excluding steroid dienone is 2. The van der Waals surface area contributed by atoms with Crippen LogP contribution in [0.2, 0.25) is 0 Å². The molecule has 0 aliphatic carbocycles. The summed E-state index contributed by atoms with van der Waals surface area (Å²) in [6, 6.07) is 0. The van der Waals surface area contributed by atoms with Gasteiger partial charge in [0.05, 0.1) is 18.2 Å². The number of rotatable bonds is 6. The quantitative estimate of drug-likeness (QED) is 0.306. The third kappa shape index (κ3) is 4.83. The first-order valence-corrected chi connectivity index (χ1v) is 4.95. The van der Waals surface area contributed by atoms with Gasteiger partial charge in [-0.1, -0.05) is 23.7 Å². The van der Waals surface area contributed by atoms with Crippen LogP contribution in [-0.2, 0) is 0 Å². The van der Waals surface area contributed by atoms with Crippen LogP contribution in [0.15, 0.2) is 16.8 Å². The van der Waals surface area contributed by atoms with Gasteiger partial charge < -0.3 is 10.2 Å². The van der Waals surface area contributed by atoms with Crippen LogP contribution in [0.3, 0.4) is 0 Å². The second kappa shape index (κ2) is 6.45. The molecular formula is C10H19N3O2. The van der Waals surface area contributed by atoms with Crippen molar-refractivity contribution in [3.63, 3.8) is 0 Å². The Labute approximate surface area is 90.1 Å². The van der Waals surface area contributed by atoms with Crippen molar-refractivity contribution >= 4 is 0 Å². The summed E-state index contributed by atoms with van der Waals surface area (Å²) in [5.41, 5.74) is 8.65. The topological polar surface area (TPSA) is 89.2 Å². The fraction of sp³-hybridized carbons (Fsp3) is 0.800. The summed E-state index contributed by atoms with van der Waals surface area (Å²) in [4.78, 5) is 2.71. The van der Waals surface area contributed by atoms with Crippen molar-refractivity contribution < 1.29 is 10.2 Å². The molecule has 0 bridgehead atoms. The fourth-order valence-electron chi connectivity index (χ4n) is 1.24. The van der Waals surface area contributed by atoms with Crippen molar-refractivity contribution in [3.8, 4) is 0 Å². The molecule has 0 saturated heterocycles. The predicted molar refractivity (Wildman–Crippen MR) is 59.3 cm³/mol. The maximum Gasteiger partial charge on any atom is 0.0881 e. The van der Waals surface area contributed by atoms with E-state index in [9.17, 15) is 5.11 Å². The highest BCUT2D eigenvalue weighted by Gasteiger charge is 2.30. The normalized spacial score (nSPS) is 16.1. The Morgan fingerprint density at radius 3 is 2.60 bits per heavy atom. The molecule has 0 aromatic carbocycles. The van der Waals surface area contributed by atoms with Gasteiger partial charge in [0.2, 0.25) is 0 Å². The molecule has 0 heterocycles. The zero-order valence-corrected chi connectivity index (χ0v) is 9.51. The number of aliphatic hydroxyl groups excluding tert-OH is 2. The van der Waals surface area contributed by atoms with E-state index in [1.807, 2.05) is 19.9 Å². The van der Waals surface area contributed by atoms with Crippen LogP contribution in [-0.4, -0.2) is 28.5 Å². The molecule has 0 amide bonds. The average molecular weight is 213 g/mol. The minimum Gasteiger partial charge on any atom is -0.394 e. The molecule has 0 rings (SSSR count). The summed E-state index contributed by atoms with van der Waals surface area (Å²) in [5.74, 6) is 0. The van der Waals surface area contributed by atoms with E-state index in [4.69, 9.17) is 10.6 Å². The number of hydrogen-bond donors (Lipinski definition) is 2. The molecule has 0 unspecified atom stereocenters. The lowest BCUT2D eigenvalue weighted by molar-refractivity contribution is 0.0347. The van der Waals surface area contributed by atoms with Crippen LogP contribution in [0.4, 0.5) is 0 Å². The second-order valence-electron chi connectivity index (χ2n) is 4.07. The standard InChI is InChI=1S/C10H19N3O2/c1-8(2)5-4-6-10(3,12-13-11)9(15)7-14/h5,9,14-15H,4,6-7H2,1-3H3/t9-,10+/m0/s1. The first-order chi connectivity index (χ1) is 6.96. The molecule has 15 heavy (non-hydrogen) atoms. The Kier molecular flexibility index (Phi) is 6.01. The minimum absolute atomic E-state index is 0.398. The molecule has 0 saturated carbocycles. The van der Waals surface area contributed by atoms with Gasteiger partial charge in [0.15, 0.2) is 0 Å². The third-order valence-corrected chi connectivity index (χ3v) is 2.37. The van der Waals surface area contributed by atoms with Gasteiger partial charge in [-0.3, -0.25) is 0 Å². The van der Waals surface area contributed by atoms with E-state index in [1.165, 1.54) is 5.57 Å². The van der Waals surface area contributed by atoms with E-state index in [1.54, 1.807) is 6.92 Å². The van der Waals surface area contributed by atoms with Crippen LogP contribution >= 0.6 is 0 Å².